The van der Waals surface area contributed by atoms with E-state index in [0.717, 1.165) is 58.5 Å². The summed E-state index contributed by atoms with van der Waals surface area (Å²) in [6, 6.07) is 12.6. The van der Waals surface area contributed by atoms with Gasteiger partial charge in [0, 0.05) is 27.9 Å². The van der Waals surface area contributed by atoms with Crippen LogP contribution in [0.15, 0.2) is 36.4 Å². The predicted molar refractivity (Wildman–Crippen MR) is 113 cm³/mol. The molecule has 27 heavy (non-hydrogen) atoms. The third-order valence-electron chi connectivity index (χ3n) is 5.55. The van der Waals surface area contributed by atoms with Gasteiger partial charge in [-0.25, -0.2) is 4.98 Å². The molecule has 1 saturated carbocycles. The molecular formula is C22H26ClN3O. The molecule has 1 heterocycles. The topological polar surface area (TPSA) is 51.4 Å². The molecular weight excluding hydrogens is 358 g/mol. The van der Waals surface area contributed by atoms with Gasteiger partial charge in [-0.3, -0.25) is 0 Å². The van der Waals surface area contributed by atoms with Crippen molar-refractivity contribution < 1.29 is 4.74 Å². The predicted octanol–water partition coefficient (Wildman–Crippen LogP) is 4.92. The Labute approximate surface area is 165 Å². The van der Waals surface area contributed by atoms with Crippen LogP contribution in [0.3, 0.4) is 0 Å². The number of nitrogens with two attached hydrogens (primary N) is 1. The van der Waals surface area contributed by atoms with Crippen molar-refractivity contribution in [1.29, 1.82) is 0 Å². The summed E-state index contributed by atoms with van der Waals surface area (Å²) >= 11 is 6.21. The van der Waals surface area contributed by atoms with Crippen LogP contribution >= 0.6 is 11.6 Å². The minimum atomic E-state index is -0.0566. The van der Waals surface area contributed by atoms with Crippen molar-refractivity contribution in [3.05, 3.63) is 47.0 Å². The summed E-state index contributed by atoms with van der Waals surface area (Å²) in [5.74, 6) is 0.819. The Hall–Kier alpha value is -1.88. The Morgan fingerprint density at radius 3 is 2.74 bits per heavy atom. The molecule has 1 aliphatic rings. The van der Waals surface area contributed by atoms with Crippen LogP contribution in [0.4, 0.5) is 0 Å². The van der Waals surface area contributed by atoms with E-state index >= 15 is 0 Å². The second kappa shape index (κ2) is 7.63. The monoisotopic (exact) mass is 383 g/mol. The van der Waals surface area contributed by atoms with Crippen molar-refractivity contribution in [2.24, 2.45) is 5.73 Å². The third kappa shape index (κ3) is 3.88. The molecule has 3 aromatic rings. The molecule has 0 radical (unpaired) electrons. The molecule has 1 aliphatic carbocycles. The Balaban J connectivity index is 1.71. The van der Waals surface area contributed by atoms with Gasteiger partial charge in [0.05, 0.1) is 18.1 Å². The molecule has 1 atom stereocenters. The van der Waals surface area contributed by atoms with E-state index in [0.29, 0.717) is 5.02 Å². The van der Waals surface area contributed by atoms with Gasteiger partial charge in [-0.05, 0) is 75.2 Å². The standard InChI is InChI=1S/C22H26ClN3O/c1-26(15-6-7-15)11-3-4-19(24)22-17-9-5-14(23)12-21(17)25-20-10-8-16(27-2)13-18(20)22/h5,8-10,12-13,15,19H,3-4,6-7,11,24H2,1-2H3. The number of fused-ring (bicyclic) bond motifs is 2. The highest BCUT2D eigenvalue weighted by molar-refractivity contribution is 6.31. The van der Waals surface area contributed by atoms with Crippen molar-refractivity contribution in [3.8, 4) is 5.75 Å². The summed E-state index contributed by atoms with van der Waals surface area (Å²) in [5, 5.41) is 2.82. The lowest BCUT2D eigenvalue weighted by atomic mass is 9.94. The van der Waals surface area contributed by atoms with Crippen LogP contribution in [0.1, 0.15) is 37.3 Å². The third-order valence-corrected chi connectivity index (χ3v) is 5.79. The summed E-state index contributed by atoms with van der Waals surface area (Å²) < 4.78 is 5.44. The van der Waals surface area contributed by atoms with E-state index in [9.17, 15) is 0 Å². The molecule has 0 amide bonds. The highest BCUT2D eigenvalue weighted by atomic mass is 35.5. The first-order valence-corrected chi connectivity index (χ1v) is 9.97. The zero-order valence-corrected chi connectivity index (χ0v) is 16.7. The number of benzene rings is 2. The number of hydrogen-bond donors (Lipinski definition) is 1. The molecule has 0 saturated heterocycles. The van der Waals surface area contributed by atoms with E-state index in [1.165, 1.54) is 12.8 Å². The molecule has 0 spiro atoms. The number of methoxy groups -OCH3 is 1. The highest BCUT2D eigenvalue weighted by Gasteiger charge is 2.25. The summed E-state index contributed by atoms with van der Waals surface area (Å²) in [6.07, 6.45) is 4.69. The van der Waals surface area contributed by atoms with Gasteiger partial charge in [-0.15, -0.1) is 0 Å². The minimum absolute atomic E-state index is 0.0566. The van der Waals surface area contributed by atoms with Crippen molar-refractivity contribution in [1.82, 2.24) is 9.88 Å². The van der Waals surface area contributed by atoms with E-state index < -0.39 is 0 Å². The van der Waals surface area contributed by atoms with Crippen LogP contribution in [-0.4, -0.2) is 36.6 Å². The van der Waals surface area contributed by atoms with E-state index in [4.69, 9.17) is 27.1 Å². The molecule has 0 aliphatic heterocycles. The number of hydrogen-bond acceptors (Lipinski definition) is 4. The SMILES string of the molecule is COc1ccc2nc3cc(Cl)ccc3c(C(N)CCCN(C)C3CC3)c2c1. The fourth-order valence-corrected chi connectivity index (χ4v) is 4.02. The molecule has 5 heteroatoms. The summed E-state index contributed by atoms with van der Waals surface area (Å²) in [7, 11) is 3.90. The number of rotatable bonds is 7. The molecule has 2 aromatic carbocycles. The zero-order chi connectivity index (χ0) is 19.0. The van der Waals surface area contributed by atoms with Gasteiger partial charge in [0.25, 0.3) is 0 Å². The second-order valence-electron chi connectivity index (χ2n) is 7.53. The molecule has 1 aromatic heterocycles. The molecule has 1 fully saturated rings. The quantitative estimate of drug-likeness (QED) is 0.588. The van der Waals surface area contributed by atoms with E-state index in [-0.39, 0.29) is 6.04 Å². The van der Waals surface area contributed by atoms with Crippen molar-refractivity contribution in [3.63, 3.8) is 0 Å². The first kappa shape index (κ1) is 18.5. The first-order chi connectivity index (χ1) is 13.1. The number of nitrogens with zero attached hydrogens (tertiary/aromatic N) is 2. The van der Waals surface area contributed by atoms with Crippen LogP contribution in [-0.2, 0) is 0 Å². The van der Waals surface area contributed by atoms with Crippen LogP contribution in [0, 0.1) is 0 Å². The fraction of sp³-hybridized carbons (Fsp3) is 0.409. The lowest BCUT2D eigenvalue weighted by Gasteiger charge is -2.20. The molecule has 0 bridgehead atoms. The second-order valence-corrected chi connectivity index (χ2v) is 7.97. The first-order valence-electron chi connectivity index (χ1n) is 9.59. The van der Waals surface area contributed by atoms with E-state index in [2.05, 4.69) is 11.9 Å². The summed E-state index contributed by atoms with van der Waals surface area (Å²) in [4.78, 5) is 7.25. The van der Waals surface area contributed by atoms with Crippen LogP contribution in [0.25, 0.3) is 21.8 Å². The number of ether oxygens (including phenoxy) is 1. The molecule has 2 N–H and O–H groups in total. The Morgan fingerprint density at radius 2 is 2.00 bits per heavy atom. The maximum Gasteiger partial charge on any atom is 0.119 e. The summed E-state index contributed by atoms with van der Waals surface area (Å²) in [6.45, 7) is 1.09. The van der Waals surface area contributed by atoms with Gasteiger partial charge in [0.15, 0.2) is 0 Å². The van der Waals surface area contributed by atoms with Gasteiger partial charge in [-0.2, -0.15) is 0 Å². The van der Waals surface area contributed by atoms with Gasteiger partial charge >= 0.3 is 0 Å². The average Bonchev–Trinajstić information content (AvgIpc) is 3.50. The minimum Gasteiger partial charge on any atom is -0.497 e. The van der Waals surface area contributed by atoms with E-state index in [1.807, 2.05) is 36.4 Å². The van der Waals surface area contributed by atoms with Gasteiger partial charge < -0.3 is 15.4 Å². The maximum absolute atomic E-state index is 6.71. The van der Waals surface area contributed by atoms with E-state index in [1.54, 1.807) is 7.11 Å². The zero-order valence-electron chi connectivity index (χ0n) is 15.9. The lowest BCUT2D eigenvalue weighted by Crippen LogP contribution is -2.23. The highest BCUT2D eigenvalue weighted by Crippen LogP contribution is 2.35. The average molecular weight is 384 g/mol. The van der Waals surface area contributed by atoms with Crippen LogP contribution in [0.2, 0.25) is 5.02 Å². The van der Waals surface area contributed by atoms with Gasteiger partial charge in [-0.1, -0.05) is 17.7 Å². The lowest BCUT2D eigenvalue weighted by molar-refractivity contribution is 0.312. The normalized spacial score (nSPS) is 15.6. The van der Waals surface area contributed by atoms with Crippen molar-refractivity contribution in [2.45, 2.75) is 37.8 Å². The Kier molecular flexibility index (Phi) is 5.22. The van der Waals surface area contributed by atoms with Crippen LogP contribution in [0.5, 0.6) is 5.75 Å². The molecule has 1 unspecified atom stereocenters. The maximum atomic E-state index is 6.71. The van der Waals surface area contributed by atoms with Gasteiger partial charge in [0.1, 0.15) is 5.75 Å². The van der Waals surface area contributed by atoms with Crippen molar-refractivity contribution in [2.75, 3.05) is 20.7 Å². The van der Waals surface area contributed by atoms with Crippen LogP contribution < -0.4 is 10.5 Å². The number of halogens is 1. The number of aromatic nitrogens is 1. The Bertz CT molecular complexity index is 971. The molecule has 4 rings (SSSR count). The number of pyridine rings is 1. The largest absolute Gasteiger partial charge is 0.497 e. The summed E-state index contributed by atoms with van der Waals surface area (Å²) in [5.41, 5.74) is 9.67. The smallest absolute Gasteiger partial charge is 0.119 e. The Morgan fingerprint density at radius 1 is 1.19 bits per heavy atom. The molecule has 4 nitrogen and oxygen atoms in total. The fourth-order valence-electron chi connectivity index (χ4n) is 3.86. The molecule has 142 valence electrons. The van der Waals surface area contributed by atoms with Gasteiger partial charge in [0.2, 0.25) is 0 Å². The van der Waals surface area contributed by atoms with Crippen molar-refractivity contribution >= 4 is 33.4 Å².